The SMILES string of the molecule is CC1CCC2=C(CO)CN(CCc3ccc(O)cc3)C=C21. The molecule has 1 aromatic carbocycles. The van der Waals surface area contributed by atoms with Gasteiger partial charge >= 0.3 is 0 Å². The summed E-state index contributed by atoms with van der Waals surface area (Å²) < 4.78 is 0. The smallest absolute Gasteiger partial charge is 0.115 e. The number of hydrogen-bond donors (Lipinski definition) is 2. The first-order valence-electron chi connectivity index (χ1n) is 7.73. The molecule has 21 heavy (non-hydrogen) atoms. The minimum atomic E-state index is 0.176. The minimum Gasteiger partial charge on any atom is -0.508 e. The first-order chi connectivity index (χ1) is 10.2. The van der Waals surface area contributed by atoms with Gasteiger partial charge in [-0.25, -0.2) is 0 Å². The fraction of sp³-hybridized carbons (Fsp3) is 0.444. The summed E-state index contributed by atoms with van der Waals surface area (Å²) in [5.41, 5.74) is 5.26. The molecule has 3 rings (SSSR count). The summed E-state index contributed by atoms with van der Waals surface area (Å²) in [4.78, 5) is 2.32. The summed E-state index contributed by atoms with van der Waals surface area (Å²) in [6.45, 7) is 4.24. The largest absolute Gasteiger partial charge is 0.508 e. The van der Waals surface area contributed by atoms with Crippen LogP contribution in [0.3, 0.4) is 0 Å². The van der Waals surface area contributed by atoms with Crippen molar-refractivity contribution in [3.05, 3.63) is 52.7 Å². The number of nitrogens with zero attached hydrogens (tertiary/aromatic N) is 1. The monoisotopic (exact) mass is 285 g/mol. The number of phenolic OH excluding ortho intramolecular Hbond substituents is 1. The third-order valence-electron chi connectivity index (χ3n) is 4.66. The summed E-state index contributed by atoms with van der Waals surface area (Å²) >= 11 is 0. The molecule has 3 heteroatoms. The zero-order chi connectivity index (χ0) is 14.8. The summed E-state index contributed by atoms with van der Waals surface area (Å²) in [6, 6.07) is 7.41. The number of phenols is 1. The predicted molar refractivity (Wildman–Crippen MR) is 84.0 cm³/mol. The molecule has 112 valence electrons. The first-order valence-corrected chi connectivity index (χ1v) is 7.73. The Balaban J connectivity index is 1.69. The normalized spacial score (nSPS) is 21.5. The maximum Gasteiger partial charge on any atom is 0.115 e. The van der Waals surface area contributed by atoms with Crippen molar-refractivity contribution in [1.29, 1.82) is 0 Å². The van der Waals surface area contributed by atoms with Gasteiger partial charge in [0.1, 0.15) is 5.75 Å². The molecule has 1 aliphatic carbocycles. The second-order valence-corrected chi connectivity index (χ2v) is 6.15. The number of benzene rings is 1. The molecule has 2 N–H and O–H groups in total. The number of fused-ring (bicyclic) bond motifs is 1. The van der Waals surface area contributed by atoms with Crippen molar-refractivity contribution >= 4 is 0 Å². The van der Waals surface area contributed by atoms with E-state index in [1.807, 2.05) is 12.1 Å². The lowest BCUT2D eigenvalue weighted by atomic mass is 9.96. The second-order valence-electron chi connectivity index (χ2n) is 6.15. The molecule has 1 fully saturated rings. The Kier molecular flexibility index (Phi) is 4.02. The quantitative estimate of drug-likeness (QED) is 0.894. The first kappa shape index (κ1) is 14.2. The minimum absolute atomic E-state index is 0.176. The molecule has 3 nitrogen and oxygen atoms in total. The van der Waals surface area contributed by atoms with E-state index in [9.17, 15) is 10.2 Å². The molecule has 0 amide bonds. The van der Waals surface area contributed by atoms with Crippen LogP contribution in [0.5, 0.6) is 5.75 Å². The van der Waals surface area contributed by atoms with Gasteiger partial charge in [0.25, 0.3) is 0 Å². The van der Waals surface area contributed by atoms with Gasteiger partial charge in [0, 0.05) is 19.3 Å². The fourth-order valence-corrected chi connectivity index (χ4v) is 3.35. The van der Waals surface area contributed by atoms with Crippen molar-refractivity contribution in [1.82, 2.24) is 4.90 Å². The van der Waals surface area contributed by atoms with E-state index in [-0.39, 0.29) is 6.61 Å². The summed E-state index contributed by atoms with van der Waals surface area (Å²) in [5, 5.41) is 18.9. The zero-order valence-electron chi connectivity index (χ0n) is 12.5. The van der Waals surface area contributed by atoms with Crippen LogP contribution in [-0.2, 0) is 6.42 Å². The van der Waals surface area contributed by atoms with Gasteiger partial charge in [-0.3, -0.25) is 0 Å². The number of aliphatic hydroxyl groups excluding tert-OH is 1. The predicted octanol–water partition coefficient (Wildman–Crippen LogP) is 2.85. The highest BCUT2D eigenvalue weighted by atomic mass is 16.3. The van der Waals surface area contributed by atoms with Gasteiger partial charge in [-0.15, -0.1) is 0 Å². The maximum atomic E-state index is 9.62. The van der Waals surface area contributed by atoms with E-state index >= 15 is 0 Å². The Hall–Kier alpha value is -1.74. The molecule has 1 aliphatic heterocycles. The van der Waals surface area contributed by atoms with Crippen molar-refractivity contribution in [3.63, 3.8) is 0 Å². The number of allylic oxidation sites excluding steroid dienone is 2. The van der Waals surface area contributed by atoms with E-state index in [0.717, 1.165) is 25.9 Å². The Labute approximate surface area is 126 Å². The highest BCUT2D eigenvalue weighted by Gasteiger charge is 2.28. The molecule has 0 spiro atoms. The molecule has 1 saturated carbocycles. The van der Waals surface area contributed by atoms with Gasteiger partial charge in [-0.05, 0) is 59.6 Å². The summed E-state index contributed by atoms with van der Waals surface area (Å²) in [5.74, 6) is 0.923. The molecule has 0 radical (unpaired) electrons. The van der Waals surface area contributed by atoms with Gasteiger partial charge in [0.15, 0.2) is 0 Å². The third-order valence-corrected chi connectivity index (χ3v) is 4.66. The van der Waals surface area contributed by atoms with Crippen LogP contribution < -0.4 is 0 Å². The van der Waals surface area contributed by atoms with E-state index < -0.39 is 0 Å². The van der Waals surface area contributed by atoms with Crippen LogP contribution in [0, 0.1) is 5.92 Å². The average molecular weight is 285 g/mol. The Morgan fingerprint density at radius 2 is 2.00 bits per heavy atom. The highest BCUT2D eigenvalue weighted by molar-refractivity contribution is 5.43. The van der Waals surface area contributed by atoms with Gasteiger partial charge in [-0.1, -0.05) is 19.1 Å². The van der Waals surface area contributed by atoms with Crippen molar-refractivity contribution < 1.29 is 10.2 Å². The molecule has 1 aromatic rings. The Bertz CT molecular complexity index is 571. The standard InChI is InChI=1S/C18H23NO2/c1-13-2-7-17-15(12-20)10-19(11-18(13)17)9-8-14-3-5-16(21)6-4-14/h3-6,11,13,20-21H,2,7-10,12H2,1H3. The third kappa shape index (κ3) is 2.98. The van der Waals surface area contributed by atoms with E-state index in [4.69, 9.17) is 0 Å². The summed E-state index contributed by atoms with van der Waals surface area (Å²) in [6.07, 6.45) is 5.57. The highest BCUT2D eigenvalue weighted by Crippen LogP contribution is 2.40. The lowest BCUT2D eigenvalue weighted by Gasteiger charge is -2.29. The van der Waals surface area contributed by atoms with Crippen LogP contribution in [0.15, 0.2) is 47.2 Å². The van der Waals surface area contributed by atoms with E-state index in [1.165, 1.54) is 28.7 Å². The van der Waals surface area contributed by atoms with Gasteiger partial charge in [0.05, 0.1) is 6.61 Å². The lowest BCUT2D eigenvalue weighted by Crippen LogP contribution is -2.28. The molecular formula is C18H23NO2. The van der Waals surface area contributed by atoms with Crippen LogP contribution in [0.4, 0.5) is 0 Å². The van der Waals surface area contributed by atoms with E-state index in [2.05, 4.69) is 18.0 Å². The summed E-state index contributed by atoms with van der Waals surface area (Å²) in [7, 11) is 0. The number of aromatic hydroxyl groups is 1. The van der Waals surface area contributed by atoms with Crippen LogP contribution in [0.25, 0.3) is 0 Å². The number of aliphatic hydroxyl groups is 1. The average Bonchev–Trinajstić information content (AvgIpc) is 2.87. The van der Waals surface area contributed by atoms with Crippen LogP contribution in [0.2, 0.25) is 0 Å². The second kappa shape index (κ2) is 5.94. The van der Waals surface area contributed by atoms with Crippen molar-refractivity contribution in [2.24, 2.45) is 5.92 Å². The Morgan fingerprint density at radius 1 is 1.24 bits per heavy atom. The van der Waals surface area contributed by atoms with Crippen LogP contribution >= 0.6 is 0 Å². The number of hydrogen-bond acceptors (Lipinski definition) is 3. The molecule has 1 heterocycles. The lowest BCUT2D eigenvalue weighted by molar-refractivity contribution is 0.303. The van der Waals surface area contributed by atoms with Crippen molar-refractivity contribution in [2.45, 2.75) is 26.2 Å². The molecule has 1 atom stereocenters. The molecule has 0 saturated heterocycles. The molecular weight excluding hydrogens is 262 g/mol. The van der Waals surface area contributed by atoms with Crippen LogP contribution in [0.1, 0.15) is 25.3 Å². The van der Waals surface area contributed by atoms with Crippen LogP contribution in [-0.4, -0.2) is 34.8 Å². The fourth-order valence-electron chi connectivity index (χ4n) is 3.35. The Morgan fingerprint density at radius 3 is 2.71 bits per heavy atom. The zero-order valence-corrected chi connectivity index (χ0v) is 12.5. The van der Waals surface area contributed by atoms with Crippen molar-refractivity contribution in [3.8, 4) is 5.75 Å². The molecule has 1 unspecified atom stereocenters. The van der Waals surface area contributed by atoms with E-state index in [0.29, 0.717) is 11.7 Å². The van der Waals surface area contributed by atoms with E-state index in [1.54, 1.807) is 12.1 Å². The number of rotatable bonds is 4. The molecule has 0 aromatic heterocycles. The van der Waals surface area contributed by atoms with Gasteiger partial charge in [-0.2, -0.15) is 0 Å². The van der Waals surface area contributed by atoms with Crippen molar-refractivity contribution in [2.75, 3.05) is 19.7 Å². The maximum absolute atomic E-state index is 9.62. The van der Waals surface area contributed by atoms with Gasteiger partial charge in [0.2, 0.25) is 0 Å². The topological polar surface area (TPSA) is 43.7 Å². The van der Waals surface area contributed by atoms with Gasteiger partial charge < -0.3 is 15.1 Å². The molecule has 2 aliphatic rings. The molecule has 0 bridgehead atoms.